The Labute approximate surface area is 81.0 Å². The van der Waals surface area contributed by atoms with Crippen LogP contribution in [0.1, 0.15) is 46.0 Å². The van der Waals surface area contributed by atoms with Crippen LogP contribution in [0.15, 0.2) is 12.2 Å². The maximum Gasteiger partial charge on any atom is 0.306 e. The normalized spacial score (nSPS) is 9.69. The molecule has 0 unspecified atom stereocenters. The summed E-state index contributed by atoms with van der Waals surface area (Å²) >= 11 is 0. The van der Waals surface area contributed by atoms with Crippen molar-refractivity contribution < 1.29 is 9.53 Å². The molecular weight excluding hydrogens is 164 g/mol. The second-order valence-corrected chi connectivity index (χ2v) is 3.22. The van der Waals surface area contributed by atoms with Gasteiger partial charge in [-0.2, -0.15) is 0 Å². The molecule has 0 bridgehead atoms. The molecule has 0 radical (unpaired) electrons. The molecule has 0 heterocycles. The monoisotopic (exact) mass is 184 g/mol. The molecule has 76 valence electrons. The molecule has 0 aliphatic rings. The van der Waals surface area contributed by atoms with Gasteiger partial charge in [-0.15, -0.1) is 0 Å². The van der Waals surface area contributed by atoms with Gasteiger partial charge in [-0.05, 0) is 18.4 Å². The van der Waals surface area contributed by atoms with E-state index < -0.39 is 0 Å². The lowest BCUT2D eigenvalue weighted by atomic mass is 10.2. The Kier molecular flexibility index (Phi) is 7.36. The Morgan fingerprint density at radius 3 is 2.54 bits per heavy atom. The fourth-order valence-electron chi connectivity index (χ4n) is 0.876. The van der Waals surface area contributed by atoms with Gasteiger partial charge in [-0.3, -0.25) is 4.79 Å². The first-order valence-electron chi connectivity index (χ1n) is 5.03. The van der Waals surface area contributed by atoms with E-state index in [-0.39, 0.29) is 5.97 Å². The average Bonchev–Trinajstić information content (AvgIpc) is 2.14. The standard InChI is InChI=1S/C11H20O2/c1-4-6-7-8-11(12)13-9-10(3)5-2/h3-9H2,1-2H3. The molecule has 0 atom stereocenters. The van der Waals surface area contributed by atoms with E-state index in [1.54, 1.807) is 0 Å². The molecule has 0 spiro atoms. The molecule has 0 rings (SSSR count). The van der Waals surface area contributed by atoms with Crippen molar-refractivity contribution in [1.82, 2.24) is 0 Å². The summed E-state index contributed by atoms with van der Waals surface area (Å²) in [5, 5.41) is 0. The number of carbonyl (C=O) groups is 1. The van der Waals surface area contributed by atoms with Gasteiger partial charge in [0.05, 0.1) is 0 Å². The van der Waals surface area contributed by atoms with Gasteiger partial charge in [0.15, 0.2) is 0 Å². The highest BCUT2D eigenvalue weighted by molar-refractivity contribution is 5.69. The Hall–Kier alpha value is -0.790. The van der Waals surface area contributed by atoms with Gasteiger partial charge in [0.2, 0.25) is 0 Å². The topological polar surface area (TPSA) is 26.3 Å². The van der Waals surface area contributed by atoms with Crippen molar-refractivity contribution in [3.05, 3.63) is 12.2 Å². The van der Waals surface area contributed by atoms with E-state index in [1.165, 1.54) is 0 Å². The smallest absolute Gasteiger partial charge is 0.306 e. The van der Waals surface area contributed by atoms with Gasteiger partial charge in [0, 0.05) is 6.42 Å². The van der Waals surface area contributed by atoms with Crippen molar-refractivity contribution in [2.75, 3.05) is 6.61 Å². The molecule has 0 saturated carbocycles. The molecule has 0 aliphatic heterocycles. The van der Waals surface area contributed by atoms with E-state index in [1.807, 2.05) is 6.92 Å². The molecule has 13 heavy (non-hydrogen) atoms. The van der Waals surface area contributed by atoms with Gasteiger partial charge in [0.1, 0.15) is 6.61 Å². The SMILES string of the molecule is C=C(CC)COC(=O)CCCCC. The van der Waals surface area contributed by atoms with Gasteiger partial charge in [0.25, 0.3) is 0 Å². The third-order valence-corrected chi connectivity index (χ3v) is 1.92. The Morgan fingerprint density at radius 2 is 2.00 bits per heavy atom. The first-order valence-corrected chi connectivity index (χ1v) is 5.03. The number of rotatable bonds is 7. The average molecular weight is 184 g/mol. The first-order chi connectivity index (χ1) is 6.20. The minimum absolute atomic E-state index is 0.0944. The quantitative estimate of drug-likeness (QED) is 0.345. The van der Waals surface area contributed by atoms with Gasteiger partial charge in [-0.25, -0.2) is 0 Å². The van der Waals surface area contributed by atoms with E-state index in [0.29, 0.717) is 13.0 Å². The third kappa shape index (κ3) is 7.57. The molecule has 0 aromatic heterocycles. The lowest BCUT2D eigenvalue weighted by molar-refractivity contribution is -0.142. The largest absolute Gasteiger partial charge is 0.461 e. The van der Waals surface area contributed by atoms with Crippen molar-refractivity contribution in [3.63, 3.8) is 0 Å². The van der Waals surface area contributed by atoms with Crippen LogP contribution >= 0.6 is 0 Å². The van der Waals surface area contributed by atoms with Crippen molar-refractivity contribution >= 4 is 5.97 Å². The van der Waals surface area contributed by atoms with Gasteiger partial charge >= 0.3 is 5.97 Å². The molecule has 0 N–H and O–H groups in total. The van der Waals surface area contributed by atoms with E-state index in [2.05, 4.69) is 13.5 Å². The van der Waals surface area contributed by atoms with Crippen molar-refractivity contribution in [3.8, 4) is 0 Å². The lowest BCUT2D eigenvalue weighted by Gasteiger charge is -2.04. The summed E-state index contributed by atoms with van der Waals surface area (Å²) in [4.78, 5) is 11.1. The van der Waals surface area contributed by atoms with Crippen LogP contribution in [0.4, 0.5) is 0 Å². The number of hydrogen-bond acceptors (Lipinski definition) is 2. The second-order valence-electron chi connectivity index (χ2n) is 3.22. The number of carbonyl (C=O) groups excluding carboxylic acids is 1. The predicted octanol–water partition coefficient (Wildman–Crippen LogP) is 3.08. The zero-order chi connectivity index (χ0) is 10.1. The molecule has 2 heteroatoms. The zero-order valence-electron chi connectivity index (χ0n) is 8.77. The van der Waals surface area contributed by atoms with Crippen LogP contribution in [0.25, 0.3) is 0 Å². The lowest BCUT2D eigenvalue weighted by Crippen LogP contribution is -2.06. The van der Waals surface area contributed by atoms with Crippen LogP contribution in [-0.2, 0) is 9.53 Å². The molecule has 0 amide bonds. The molecular formula is C11H20O2. The van der Waals surface area contributed by atoms with Crippen LogP contribution in [0.2, 0.25) is 0 Å². The molecule has 0 fully saturated rings. The van der Waals surface area contributed by atoms with Crippen LogP contribution in [0.5, 0.6) is 0 Å². The molecule has 2 nitrogen and oxygen atoms in total. The minimum atomic E-state index is -0.0944. The fourth-order valence-corrected chi connectivity index (χ4v) is 0.876. The second kappa shape index (κ2) is 7.84. The van der Waals surface area contributed by atoms with E-state index in [4.69, 9.17) is 4.74 Å². The Bertz CT molecular complexity index is 161. The number of hydrogen-bond donors (Lipinski definition) is 0. The first kappa shape index (κ1) is 12.2. The third-order valence-electron chi connectivity index (χ3n) is 1.92. The minimum Gasteiger partial charge on any atom is -0.461 e. The van der Waals surface area contributed by atoms with Gasteiger partial charge < -0.3 is 4.74 Å². The van der Waals surface area contributed by atoms with E-state index in [0.717, 1.165) is 31.3 Å². The van der Waals surface area contributed by atoms with E-state index in [9.17, 15) is 4.79 Å². The molecule has 0 aromatic rings. The van der Waals surface area contributed by atoms with Crippen molar-refractivity contribution in [2.24, 2.45) is 0 Å². The summed E-state index contributed by atoms with van der Waals surface area (Å²) in [5.74, 6) is -0.0944. The highest BCUT2D eigenvalue weighted by Gasteiger charge is 2.02. The number of esters is 1. The molecule has 0 aliphatic carbocycles. The number of ether oxygens (including phenoxy) is 1. The highest BCUT2D eigenvalue weighted by atomic mass is 16.5. The Morgan fingerprint density at radius 1 is 1.31 bits per heavy atom. The van der Waals surface area contributed by atoms with Crippen LogP contribution in [0, 0.1) is 0 Å². The van der Waals surface area contributed by atoms with Crippen LogP contribution in [0.3, 0.4) is 0 Å². The summed E-state index contributed by atoms with van der Waals surface area (Å²) in [6, 6.07) is 0. The van der Waals surface area contributed by atoms with Crippen LogP contribution < -0.4 is 0 Å². The van der Waals surface area contributed by atoms with Crippen molar-refractivity contribution in [1.29, 1.82) is 0 Å². The van der Waals surface area contributed by atoms with Crippen LogP contribution in [-0.4, -0.2) is 12.6 Å². The summed E-state index contributed by atoms with van der Waals surface area (Å²) in [7, 11) is 0. The molecule has 0 aromatic carbocycles. The molecule has 0 saturated heterocycles. The fraction of sp³-hybridized carbons (Fsp3) is 0.727. The van der Waals surface area contributed by atoms with Gasteiger partial charge in [-0.1, -0.05) is 33.3 Å². The maximum absolute atomic E-state index is 11.1. The summed E-state index contributed by atoms with van der Waals surface area (Å²) in [6.45, 7) is 8.28. The highest BCUT2D eigenvalue weighted by Crippen LogP contribution is 2.02. The Balaban J connectivity index is 3.35. The van der Waals surface area contributed by atoms with Crippen molar-refractivity contribution in [2.45, 2.75) is 46.0 Å². The predicted molar refractivity (Wildman–Crippen MR) is 54.5 cm³/mol. The summed E-state index contributed by atoms with van der Waals surface area (Å²) in [6.07, 6.45) is 4.60. The summed E-state index contributed by atoms with van der Waals surface area (Å²) < 4.78 is 5.00. The van der Waals surface area contributed by atoms with E-state index >= 15 is 0 Å². The summed E-state index contributed by atoms with van der Waals surface area (Å²) in [5.41, 5.74) is 0.976. The maximum atomic E-state index is 11.1. The zero-order valence-corrected chi connectivity index (χ0v) is 8.77. The number of unbranched alkanes of at least 4 members (excludes halogenated alkanes) is 2.